The van der Waals surface area contributed by atoms with Crippen molar-refractivity contribution in [3.8, 4) is 17.2 Å². The van der Waals surface area contributed by atoms with E-state index in [4.69, 9.17) is 9.47 Å². The molecule has 1 aliphatic rings. The first-order valence-corrected chi connectivity index (χ1v) is 8.08. The first kappa shape index (κ1) is 15.9. The third-order valence-electron chi connectivity index (χ3n) is 3.99. The number of hydrogen-bond acceptors (Lipinski definition) is 5. The Balaban J connectivity index is 1.46. The number of carbonyl (C=O) groups excluding carboxylic acids is 1. The predicted octanol–water partition coefficient (Wildman–Crippen LogP) is 3.98. The van der Waals surface area contributed by atoms with Gasteiger partial charge in [0.25, 0.3) is 0 Å². The molecular weight excluding hydrogens is 330 g/mol. The number of ketones is 1. The van der Waals surface area contributed by atoms with Gasteiger partial charge < -0.3 is 14.6 Å². The Morgan fingerprint density at radius 2 is 1.81 bits per heavy atom. The Morgan fingerprint density at radius 1 is 1.04 bits per heavy atom. The minimum Gasteiger partial charge on any atom is -0.508 e. The average molecular weight is 345 g/mol. The van der Waals surface area contributed by atoms with Crippen LogP contribution in [0.5, 0.6) is 17.2 Å². The molecule has 0 atom stereocenters. The number of aromatic hydroxyl groups is 1. The molecule has 0 amide bonds. The van der Waals surface area contributed by atoms with Gasteiger partial charge in [-0.15, -0.1) is 0 Å². The summed E-state index contributed by atoms with van der Waals surface area (Å²) in [5.74, 6) is 1.21. The largest absolute Gasteiger partial charge is 0.508 e. The molecule has 0 unspecified atom stereocenters. The standard InChI is InChI=1S/C21H15NO4/c23-16-3-6-18-19(12-16)26-20(21(18)24)11-14-1-4-17(5-2-14)25-13-15-7-9-22-10-8-15/h1-12,23H,13H2/b20-11-. The molecule has 0 aliphatic carbocycles. The second-order valence-electron chi connectivity index (χ2n) is 5.83. The predicted molar refractivity (Wildman–Crippen MR) is 96.1 cm³/mol. The van der Waals surface area contributed by atoms with E-state index in [1.165, 1.54) is 12.1 Å². The molecule has 0 saturated heterocycles. The Labute approximate surface area is 150 Å². The van der Waals surface area contributed by atoms with Crippen LogP contribution in [0.15, 0.2) is 72.8 Å². The fraction of sp³-hybridized carbons (Fsp3) is 0.0476. The van der Waals surface area contributed by atoms with Crippen molar-refractivity contribution in [2.45, 2.75) is 6.61 Å². The molecule has 1 aliphatic heterocycles. The number of allylic oxidation sites excluding steroid dienone is 1. The van der Waals surface area contributed by atoms with Crippen LogP contribution in [0.25, 0.3) is 6.08 Å². The number of Topliss-reactive ketones (excluding diaryl/α,β-unsaturated/α-hetero) is 1. The number of carbonyl (C=O) groups is 1. The lowest BCUT2D eigenvalue weighted by molar-refractivity contribution is 0.101. The number of rotatable bonds is 4. The molecule has 2 aromatic carbocycles. The van der Waals surface area contributed by atoms with Crippen molar-refractivity contribution in [3.05, 3.63) is 89.4 Å². The van der Waals surface area contributed by atoms with Crippen molar-refractivity contribution in [2.24, 2.45) is 0 Å². The van der Waals surface area contributed by atoms with Crippen molar-refractivity contribution in [1.82, 2.24) is 4.98 Å². The molecule has 2 heterocycles. The molecule has 5 nitrogen and oxygen atoms in total. The van der Waals surface area contributed by atoms with Gasteiger partial charge in [0, 0.05) is 18.5 Å². The van der Waals surface area contributed by atoms with Crippen LogP contribution in [0.3, 0.4) is 0 Å². The van der Waals surface area contributed by atoms with Gasteiger partial charge in [0.1, 0.15) is 23.9 Å². The van der Waals surface area contributed by atoms with Crippen LogP contribution in [-0.2, 0) is 6.61 Å². The second-order valence-corrected chi connectivity index (χ2v) is 5.83. The van der Waals surface area contributed by atoms with Crippen LogP contribution < -0.4 is 9.47 Å². The van der Waals surface area contributed by atoms with Gasteiger partial charge in [-0.25, -0.2) is 0 Å². The van der Waals surface area contributed by atoms with Gasteiger partial charge in [0.05, 0.1) is 5.56 Å². The lowest BCUT2D eigenvalue weighted by atomic mass is 10.1. The summed E-state index contributed by atoms with van der Waals surface area (Å²) in [6.45, 7) is 0.462. The van der Waals surface area contributed by atoms with E-state index in [1.54, 1.807) is 24.5 Å². The van der Waals surface area contributed by atoms with Gasteiger partial charge >= 0.3 is 0 Å². The van der Waals surface area contributed by atoms with E-state index in [1.807, 2.05) is 36.4 Å². The van der Waals surface area contributed by atoms with Crippen LogP contribution in [0.4, 0.5) is 0 Å². The number of phenols is 1. The lowest BCUT2D eigenvalue weighted by Crippen LogP contribution is -1.98. The van der Waals surface area contributed by atoms with Gasteiger partial charge in [-0.05, 0) is 53.6 Å². The maximum absolute atomic E-state index is 12.3. The van der Waals surface area contributed by atoms with Crippen LogP contribution in [0.1, 0.15) is 21.5 Å². The zero-order valence-corrected chi connectivity index (χ0v) is 13.8. The molecule has 1 N–H and O–H groups in total. The first-order valence-electron chi connectivity index (χ1n) is 8.08. The normalized spacial score (nSPS) is 14.2. The number of ether oxygens (including phenoxy) is 2. The van der Waals surface area contributed by atoms with Gasteiger partial charge in [0.2, 0.25) is 5.78 Å². The monoisotopic (exact) mass is 345 g/mol. The summed E-state index contributed by atoms with van der Waals surface area (Å²) >= 11 is 0. The van der Waals surface area contributed by atoms with Crippen molar-refractivity contribution in [2.75, 3.05) is 0 Å². The van der Waals surface area contributed by atoms with E-state index in [0.717, 1.165) is 16.9 Å². The van der Waals surface area contributed by atoms with Gasteiger partial charge in [0.15, 0.2) is 5.76 Å². The molecular formula is C21H15NO4. The Bertz CT molecular complexity index is 979. The van der Waals surface area contributed by atoms with Crippen LogP contribution in [0.2, 0.25) is 0 Å². The van der Waals surface area contributed by atoms with E-state index < -0.39 is 0 Å². The first-order chi connectivity index (χ1) is 12.7. The number of fused-ring (bicyclic) bond motifs is 1. The maximum atomic E-state index is 12.3. The van der Waals surface area contributed by atoms with Gasteiger partial charge in [-0.1, -0.05) is 12.1 Å². The summed E-state index contributed by atoms with van der Waals surface area (Å²) in [5, 5.41) is 9.49. The Morgan fingerprint density at radius 3 is 2.58 bits per heavy atom. The molecule has 26 heavy (non-hydrogen) atoms. The van der Waals surface area contributed by atoms with Crippen LogP contribution in [0, 0.1) is 0 Å². The number of hydrogen-bond donors (Lipinski definition) is 1. The molecule has 5 heteroatoms. The van der Waals surface area contributed by atoms with Crippen molar-refractivity contribution in [3.63, 3.8) is 0 Å². The Hall–Kier alpha value is -3.60. The van der Waals surface area contributed by atoms with E-state index in [-0.39, 0.29) is 17.3 Å². The summed E-state index contributed by atoms with van der Waals surface area (Å²) in [7, 11) is 0. The molecule has 1 aromatic heterocycles. The highest BCUT2D eigenvalue weighted by Gasteiger charge is 2.27. The zero-order valence-electron chi connectivity index (χ0n) is 13.8. The third-order valence-corrected chi connectivity index (χ3v) is 3.99. The topological polar surface area (TPSA) is 68.7 Å². The Kier molecular flexibility index (Phi) is 4.11. The number of pyridine rings is 1. The molecule has 0 spiro atoms. The molecule has 0 radical (unpaired) electrons. The van der Waals surface area contributed by atoms with E-state index in [2.05, 4.69) is 4.98 Å². The van der Waals surface area contributed by atoms with Gasteiger partial charge in [-0.3, -0.25) is 9.78 Å². The van der Waals surface area contributed by atoms with E-state index in [9.17, 15) is 9.90 Å². The molecule has 4 rings (SSSR count). The van der Waals surface area contributed by atoms with Crippen LogP contribution >= 0.6 is 0 Å². The van der Waals surface area contributed by atoms with Crippen molar-refractivity contribution >= 4 is 11.9 Å². The SMILES string of the molecule is O=C1/C(=C/c2ccc(OCc3ccncc3)cc2)Oc2cc(O)ccc21. The zero-order chi connectivity index (χ0) is 17.9. The molecule has 0 saturated carbocycles. The lowest BCUT2D eigenvalue weighted by Gasteiger charge is -2.06. The number of nitrogens with zero attached hydrogens (tertiary/aromatic N) is 1. The minimum absolute atomic E-state index is 0.0634. The highest BCUT2D eigenvalue weighted by atomic mass is 16.5. The fourth-order valence-corrected chi connectivity index (χ4v) is 2.63. The summed E-state index contributed by atoms with van der Waals surface area (Å²) in [6, 6.07) is 15.6. The van der Waals surface area contributed by atoms with E-state index in [0.29, 0.717) is 17.9 Å². The fourth-order valence-electron chi connectivity index (χ4n) is 2.63. The molecule has 128 valence electrons. The maximum Gasteiger partial charge on any atom is 0.231 e. The average Bonchev–Trinajstić information content (AvgIpc) is 2.97. The third kappa shape index (κ3) is 3.28. The summed E-state index contributed by atoms with van der Waals surface area (Å²) in [5.41, 5.74) is 2.31. The molecule has 0 fully saturated rings. The van der Waals surface area contributed by atoms with Crippen molar-refractivity contribution < 1.29 is 19.4 Å². The number of benzene rings is 2. The second kappa shape index (κ2) is 6.72. The smallest absolute Gasteiger partial charge is 0.231 e. The highest BCUT2D eigenvalue weighted by molar-refractivity contribution is 6.14. The van der Waals surface area contributed by atoms with E-state index >= 15 is 0 Å². The summed E-state index contributed by atoms with van der Waals surface area (Å²) < 4.78 is 11.3. The van der Waals surface area contributed by atoms with Crippen molar-refractivity contribution in [1.29, 1.82) is 0 Å². The number of phenolic OH excluding ortho intramolecular Hbond substituents is 1. The van der Waals surface area contributed by atoms with Gasteiger partial charge in [-0.2, -0.15) is 0 Å². The van der Waals surface area contributed by atoms with Crippen LogP contribution in [-0.4, -0.2) is 15.9 Å². The number of aromatic nitrogens is 1. The molecule has 3 aromatic rings. The summed E-state index contributed by atoms with van der Waals surface area (Å²) in [4.78, 5) is 16.3. The molecule has 0 bridgehead atoms. The highest BCUT2D eigenvalue weighted by Crippen LogP contribution is 2.34. The quantitative estimate of drug-likeness (QED) is 0.724. The summed E-state index contributed by atoms with van der Waals surface area (Å²) in [6.07, 6.45) is 5.13. The minimum atomic E-state index is -0.196.